The lowest BCUT2D eigenvalue weighted by molar-refractivity contribution is -0.145. The molecule has 0 aromatic rings. The van der Waals surface area contributed by atoms with E-state index in [0.717, 1.165) is 32.7 Å². The van der Waals surface area contributed by atoms with Crippen LogP contribution < -0.4 is 0 Å². The zero-order chi connectivity index (χ0) is 9.60. The summed E-state index contributed by atoms with van der Waals surface area (Å²) in [6, 6.07) is 0.651. The van der Waals surface area contributed by atoms with Crippen molar-refractivity contribution in [1.82, 2.24) is 4.90 Å². The molecule has 3 heterocycles. The van der Waals surface area contributed by atoms with Crippen molar-refractivity contribution in [2.75, 3.05) is 26.3 Å². The lowest BCUT2D eigenvalue weighted by Crippen LogP contribution is -2.36. The molecule has 0 aromatic heterocycles. The van der Waals surface area contributed by atoms with E-state index in [0.29, 0.717) is 6.04 Å². The average Bonchev–Trinajstić information content (AvgIpc) is 2.72. The van der Waals surface area contributed by atoms with Gasteiger partial charge in [-0.3, -0.25) is 4.90 Å². The second kappa shape index (κ2) is 3.05. The van der Waals surface area contributed by atoms with Gasteiger partial charge >= 0.3 is 0 Å². The van der Waals surface area contributed by atoms with E-state index in [1.54, 1.807) is 0 Å². The van der Waals surface area contributed by atoms with Crippen LogP contribution in [0.1, 0.15) is 19.8 Å². The fourth-order valence-corrected chi connectivity index (χ4v) is 2.84. The van der Waals surface area contributed by atoms with Crippen LogP contribution in [0.2, 0.25) is 0 Å². The van der Waals surface area contributed by atoms with Crippen LogP contribution >= 0.6 is 0 Å². The van der Waals surface area contributed by atoms with Crippen molar-refractivity contribution >= 4 is 0 Å². The van der Waals surface area contributed by atoms with E-state index in [1.165, 1.54) is 12.0 Å². The van der Waals surface area contributed by atoms with Gasteiger partial charge in [0.15, 0.2) is 5.79 Å². The summed E-state index contributed by atoms with van der Waals surface area (Å²) in [6.07, 6.45) is 4.57. The summed E-state index contributed by atoms with van der Waals surface area (Å²) >= 11 is 0. The molecule has 0 radical (unpaired) electrons. The van der Waals surface area contributed by atoms with E-state index >= 15 is 0 Å². The normalized spacial score (nSPS) is 36.1. The highest BCUT2D eigenvalue weighted by molar-refractivity contribution is 5.11. The van der Waals surface area contributed by atoms with Crippen molar-refractivity contribution in [3.8, 4) is 0 Å². The summed E-state index contributed by atoms with van der Waals surface area (Å²) in [4.78, 5) is 2.48. The number of hydrogen-bond acceptors (Lipinski definition) is 3. The Bertz CT molecular complexity index is 268. The Morgan fingerprint density at radius 1 is 1.43 bits per heavy atom. The largest absolute Gasteiger partial charge is 0.346 e. The molecule has 3 aliphatic heterocycles. The zero-order valence-corrected chi connectivity index (χ0v) is 8.66. The maximum Gasteiger partial charge on any atom is 0.182 e. The van der Waals surface area contributed by atoms with E-state index in [2.05, 4.69) is 17.9 Å². The number of nitrogens with zero attached hydrogens (tertiary/aromatic N) is 1. The zero-order valence-electron chi connectivity index (χ0n) is 8.66. The molecule has 0 bridgehead atoms. The quantitative estimate of drug-likeness (QED) is 0.541. The Morgan fingerprint density at radius 3 is 3.00 bits per heavy atom. The minimum Gasteiger partial charge on any atom is -0.346 e. The molecule has 1 unspecified atom stereocenters. The van der Waals surface area contributed by atoms with Crippen LogP contribution in [0.25, 0.3) is 0 Å². The average molecular weight is 195 g/mol. The van der Waals surface area contributed by atoms with Crippen molar-refractivity contribution in [1.29, 1.82) is 0 Å². The van der Waals surface area contributed by atoms with Gasteiger partial charge in [0.1, 0.15) is 0 Å². The van der Waals surface area contributed by atoms with E-state index in [-0.39, 0.29) is 5.79 Å². The molecule has 1 spiro atoms. The van der Waals surface area contributed by atoms with E-state index in [4.69, 9.17) is 9.47 Å². The maximum atomic E-state index is 5.74. The molecule has 0 saturated carbocycles. The van der Waals surface area contributed by atoms with Crippen LogP contribution in [-0.2, 0) is 9.47 Å². The molecule has 0 N–H and O–H groups in total. The molecule has 78 valence electrons. The van der Waals surface area contributed by atoms with Crippen molar-refractivity contribution < 1.29 is 9.47 Å². The van der Waals surface area contributed by atoms with Crippen LogP contribution in [0.15, 0.2) is 11.6 Å². The predicted octanol–water partition coefficient (Wildman–Crippen LogP) is 1.15. The minimum atomic E-state index is -0.247. The van der Waals surface area contributed by atoms with Crippen LogP contribution in [0.5, 0.6) is 0 Å². The third-order valence-electron chi connectivity index (χ3n) is 3.55. The summed E-state index contributed by atoms with van der Waals surface area (Å²) in [5.74, 6) is -0.247. The lowest BCUT2D eigenvalue weighted by Gasteiger charge is -2.27. The summed E-state index contributed by atoms with van der Waals surface area (Å²) in [6.45, 7) is 5.80. The predicted molar refractivity (Wildman–Crippen MR) is 53.0 cm³/mol. The SMILES string of the molecule is CC1=CCN2CC3(CC2C1)OCCO3. The highest BCUT2D eigenvalue weighted by Crippen LogP contribution is 2.38. The van der Waals surface area contributed by atoms with Crippen molar-refractivity contribution in [3.63, 3.8) is 0 Å². The van der Waals surface area contributed by atoms with Crippen LogP contribution in [0, 0.1) is 0 Å². The summed E-state index contributed by atoms with van der Waals surface area (Å²) in [5.41, 5.74) is 1.52. The van der Waals surface area contributed by atoms with Gasteiger partial charge in [0, 0.05) is 19.0 Å². The van der Waals surface area contributed by atoms with E-state index < -0.39 is 0 Å². The lowest BCUT2D eigenvalue weighted by atomic mass is 10.0. The molecule has 3 nitrogen and oxygen atoms in total. The number of rotatable bonds is 0. The standard InChI is InChI=1S/C11H17NO2/c1-9-2-3-12-8-11(7-10(12)6-9)13-4-5-14-11/h2,10H,3-8H2,1H3. The molecule has 3 rings (SSSR count). The molecule has 2 saturated heterocycles. The Kier molecular flexibility index (Phi) is 1.94. The number of ether oxygens (including phenoxy) is 2. The van der Waals surface area contributed by atoms with Gasteiger partial charge in [-0.05, 0) is 13.3 Å². The smallest absolute Gasteiger partial charge is 0.182 e. The molecule has 3 aliphatic rings. The van der Waals surface area contributed by atoms with Gasteiger partial charge in [0.05, 0.1) is 19.8 Å². The van der Waals surface area contributed by atoms with E-state index in [1.807, 2.05) is 0 Å². The van der Waals surface area contributed by atoms with Gasteiger partial charge in [0.25, 0.3) is 0 Å². The number of fused-ring (bicyclic) bond motifs is 1. The molecule has 3 heteroatoms. The molecule has 14 heavy (non-hydrogen) atoms. The first kappa shape index (κ1) is 8.89. The minimum absolute atomic E-state index is 0.247. The Balaban J connectivity index is 1.76. The van der Waals surface area contributed by atoms with Crippen LogP contribution in [0.4, 0.5) is 0 Å². The first-order valence-corrected chi connectivity index (χ1v) is 5.45. The van der Waals surface area contributed by atoms with Crippen molar-refractivity contribution in [2.45, 2.75) is 31.6 Å². The van der Waals surface area contributed by atoms with Crippen LogP contribution in [-0.4, -0.2) is 43.0 Å². The van der Waals surface area contributed by atoms with Gasteiger partial charge in [-0.25, -0.2) is 0 Å². The van der Waals surface area contributed by atoms with Gasteiger partial charge in [-0.2, -0.15) is 0 Å². The third kappa shape index (κ3) is 1.31. The summed E-state index contributed by atoms with van der Waals surface area (Å²) in [7, 11) is 0. The molecular weight excluding hydrogens is 178 g/mol. The molecule has 0 aromatic carbocycles. The fourth-order valence-electron chi connectivity index (χ4n) is 2.84. The summed E-state index contributed by atoms with van der Waals surface area (Å²) < 4.78 is 11.5. The molecule has 0 amide bonds. The van der Waals surface area contributed by atoms with Gasteiger partial charge in [-0.1, -0.05) is 11.6 Å². The molecular formula is C11H17NO2. The molecule has 2 fully saturated rings. The maximum absolute atomic E-state index is 5.74. The van der Waals surface area contributed by atoms with Gasteiger partial charge < -0.3 is 9.47 Å². The van der Waals surface area contributed by atoms with Crippen molar-refractivity contribution in [3.05, 3.63) is 11.6 Å². The highest BCUT2D eigenvalue weighted by Gasteiger charge is 2.48. The second-order valence-electron chi connectivity index (χ2n) is 4.65. The first-order valence-electron chi connectivity index (χ1n) is 5.45. The van der Waals surface area contributed by atoms with Crippen LogP contribution in [0.3, 0.4) is 0 Å². The fraction of sp³-hybridized carbons (Fsp3) is 0.818. The summed E-state index contributed by atoms with van der Waals surface area (Å²) in [5, 5.41) is 0. The molecule has 0 aliphatic carbocycles. The highest BCUT2D eigenvalue weighted by atomic mass is 16.7. The van der Waals surface area contributed by atoms with Crippen molar-refractivity contribution in [2.24, 2.45) is 0 Å². The van der Waals surface area contributed by atoms with Gasteiger partial charge in [-0.15, -0.1) is 0 Å². The topological polar surface area (TPSA) is 21.7 Å². The van der Waals surface area contributed by atoms with Gasteiger partial charge in [0.2, 0.25) is 0 Å². The Hall–Kier alpha value is -0.380. The number of hydrogen-bond donors (Lipinski definition) is 0. The monoisotopic (exact) mass is 195 g/mol. The first-order chi connectivity index (χ1) is 6.77. The Morgan fingerprint density at radius 2 is 2.21 bits per heavy atom. The molecule has 1 atom stereocenters. The van der Waals surface area contributed by atoms with E-state index in [9.17, 15) is 0 Å². The Labute approximate surface area is 84.7 Å². The second-order valence-corrected chi connectivity index (χ2v) is 4.65. The third-order valence-corrected chi connectivity index (χ3v) is 3.55.